The quantitative estimate of drug-likeness (QED) is 0.0433. The van der Waals surface area contributed by atoms with Crippen LogP contribution >= 0.6 is 21.8 Å². The average Bonchev–Trinajstić information content (AvgIpc) is 0.615. The van der Waals surface area contributed by atoms with Gasteiger partial charge in [-0.25, -0.2) is 0 Å². The van der Waals surface area contributed by atoms with Gasteiger partial charge in [-0.3, -0.25) is 0 Å². The molecule has 0 heterocycles. The Kier molecular flexibility index (Phi) is 16.6. The van der Waals surface area contributed by atoms with Crippen molar-refractivity contribution in [2.45, 2.75) is 18.2 Å². The molecule has 0 aliphatic carbocycles. The Hall–Kier alpha value is -7.64. The zero-order valence-electron chi connectivity index (χ0n) is 47.2. The van der Waals surface area contributed by atoms with Crippen molar-refractivity contribution in [2.24, 2.45) is 0 Å². The molecule has 0 saturated carbocycles. The Morgan fingerprint density at radius 2 is 0.345 bits per heavy atom. The molecule has 0 bridgehead atoms. The van der Waals surface area contributed by atoms with Crippen LogP contribution in [-0.2, 0) is 21.9 Å². The molecule has 12 rings (SSSR count). The minimum atomic E-state index is -6.42. The molecule has 0 aliphatic heterocycles. The van der Waals surface area contributed by atoms with Crippen LogP contribution in [0.3, 0.4) is 0 Å². The van der Waals surface area contributed by atoms with Crippen LogP contribution in [-0.4, -0.2) is 11.6 Å². The van der Waals surface area contributed by atoms with Crippen molar-refractivity contribution >= 4 is 97.0 Å². The molecule has 0 fully saturated rings. The number of hydrogen-bond acceptors (Lipinski definition) is 2. The minimum absolute atomic E-state index is 0.0150. The third-order valence-corrected chi connectivity index (χ3v) is 136. The molecular weight excluding hydrogens is 1190 g/mol. The fraction of sp³-hybridized carbons (Fsp3) is 0.0390. The number of carbonyl (C=O) groups excluding carboxylic acids is 2. The SMILES string of the molecule is CC(=O)CC(=O)[CH2][Pd]([PH](c1ccccc1)(c1ccccc1)c1ccccc1)([PH](c1ccccc1)(c1ccccc1)c1ccccc1)([PH](c1ccccc1)(c1ccccc1)c1ccccc1)[PH](c1ccccc1)(c1ccccc1)c1ccccc1. The van der Waals surface area contributed by atoms with Crippen molar-refractivity contribution in [3.63, 3.8) is 0 Å². The van der Waals surface area contributed by atoms with E-state index in [4.69, 9.17) is 0 Å². The van der Waals surface area contributed by atoms with E-state index in [1.54, 1.807) is 6.92 Å². The van der Waals surface area contributed by atoms with Gasteiger partial charge in [-0.15, -0.1) is 0 Å². The second-order valence-electron chi connectivity index (χ2n) is 21.3. The second kappa shape index (κ2) is 24.5. The molecular formula is C77H71O2P4Pd. The van der Waals surface area contributed by atoms with Crippen LogP contribution in [0.5, 0.6) is 0 Å². The zero-order chi connectivity index (χ0) is 57.4. The van der Waals surface area contributed by atoms with Gasteiger partial charge in [0.15, 0.2) is 0 Å². The maximum atomic E-state index is 18.3. The summed E-state index contributed by atoms with van der Waals surface area (Å²) in [6, 6.07) is 140. The van der Waals surface area contributed by atoms with E-state index in [-0.39, 0.29) is 22.9 Å². The molecule has 12 aromatic rings. The number of carbonyl (C=O) groups is 2. The van der Waals surface area contributed by atoms with Gasteiger partial charge in [-0.05, 0) is 0 Å². The van der Waals surface area contributed by atoms with Crippen LogP contribution in [0.2, 0.25) is 4.89 Å². The number of hydrogen-bond donors (Lipinski definition) is 0. The molecule has 421 valence electrons. The van der Waals surface area contributed by atoms with Crippen molar-refractivity contribution in [1.29, 1.82) is 0 Å². The Bertz CT molecular complexity index is 3200. The van der Waals surface area contributed by atoms with E-state index >= 15 is 4.79 Å². The molecule has 7 heteroatoms. The van der Waals surface area contributed by atoms with E-state index in [2.05, 4.69) is 364 Å². The number of Topliss-reactive ketones (excluding diaryl/α,β-unsaturated/α-hetero) is 2. The Balaban J connectivity index is 1.72. The van der Waals surface area contributed by atoms with E-state index in [0.717, 1.165) is 0 Å². The summed E-state index contributed by atoms with van der Waals surface area (Å²) in [7, 11) is 0. The van der Waals surface area contributed by atoms with Crippen LogP contribution in [0.4, 0.5) is 0 Å². The third kappa shape index (κ3) is 8.39. The predicted octanol–water partition coefficient (Wildman–Crippen LogP) is 13.2. The van der Waals surface area contributed by atoms with Crippen molar-refractivity contribution in [3.05, 3.63) is 364 Å². The first-order valence-electron chi connectivity index (χ1n) is 28.8. The molecule has 0 radical (unpaired) electrons. The Morgan fingerprint density at radius 3 is 0.452 bits per heavy atom. The van der Waals surface area contributed by atoms with Gasteiger partial charge in [0.1, 0.15) is 0 Å². The van der Waals surface area contributed by atoms with E-state index in [0.29, 0.717) is 0 Å². The summed E-state index contributed by atoms with van der Waals surface area (Å²) >= 11 is -6.42. The van der Waals surface area contributed by atoms with Gasteiger partial charge in [-0.2, -0.15) is 0 Å². The molecule has 0 amide bonds. The molecule has 0 spiro atoms. The van der Waals surface area contributed by atoms with Gasteiger partial charge in [0.05, 0.1) is 0 Å². The molecule has 0 saturated heterocycles. The third-order valence-electron chi connectivity index (χ3n) is 16.7. The molecule has 84 heavy (non-hydrogen) atoms. The van der Waals surface area contributed by atoms with Crippen molar-refractivity contribution in [2.75, 3.05) is 0 Å². The maximum absolute atomic E-state index is 18.3. The Morgan fingerprint density at radius 1 is 0.226 bits per heavy atom. The van der Waals surface area contributed by atoms with Crippen molar-refractivity contribution < 1.29 is 21.9 Å². The van der Waals surface area contributed by atoms with Crippen LogP contribution < -0.4 is 63.7 Å². The number of benzene rings is 12. The van der Waals surface area contributed by atoms with Gasteiger partial charge in [0.2, 0.25) is 0 Å². The molecule has 2 nitrogen and oxygen atoms in total. The second-order valence-corrected chi connectivity index (χ2v) is 79.9. The monoisotopic (exact) mass is 1260 g/mol. The summed E-state index contributed by atoms with van der Waals surface area (Å²) in [6.45, 7) is 1.63. The molecule has 0 unspecified atom stereocenters. The van der Waals surface area contributed by atoms with Gasteiger partial charge < -0.3 is 0 Å². The standard InChI is InChI=1S/4C18H15P.C5H7O2.Pd/c4*1-4-10-16(11-5-1)19(17-12-6-2-7-13-17)18-14-8-3-9-15-18;1-4(6)3-5(2)7;/h4*1-15H;1,3H2,2H3;/q;;;;;-4/p+4. The number of ketones is 2. The Labute approximate surface area is 497 Å². The van der Waals surface area contributed by atoms with E-state index < -0.39 is 34.1 Å². The fourth-order valence-corrected chi connectivity index (χ4v) is 200. The summed E-state index contributed by atoms with van der Waals surface area (Å²) in [6.07, 6.45) is -0.233. The van der Waals surface area contributed by atoms with Gasteiger partial charge in [0.25, 0.3) is 0 Å². The first-order chi connectivity index (χ1) is 41.4. The molecule has 12 aromatic carbocycles. The first-order valence-corrected chi connectivity index (χ1v) is 46.4. The van der Waals surface area contributed by atoms with Gasteiger partial charge >= 0.3 is 501 Å². The molecule has 0 aromatic heterocycles. The molecule has 0 aliphatic rings. The van der Waals surface area contributed by atoms with E-state index in [1.165, 1.54) is 63.7 Å². The van der Waals surface area contributed by atoms with E-state index in [9.17, 15) is 4.79 Å². The van der Waals surface area contributed by atoms with Crippen LogP contribution in [0, 0.1) is 0 Å². The summed E-state index contributed by atoms with van der Waals surface area (Å²) in [5, 5.41) is 14.9. The predicted molar refractivity (Wildman–Crippen MR) is 371 cm³/mol. The topological polar surface area (TPSA) is 34.1 Å². The fourth-order valence-electron chi connectivity index (χ4n) is 14.3. The first kappa shape index (κ1) is 56.8. The summed E-state index contributed by atoms with van der Waals surface area (Å²) < 4.78 is 0. The van der Waals surface area contributed by atoms with Crippen LogP contribution in [0.15, 0.2) is 364 Å². The summed E-state index contributed by atoms with van der Waals surface area (Å²) in [5.74, 6) is -0.156. The van der Waals surface area contributed by atoms with Crippen molar-refractivity contribution in [3.8, 4) is 0 Å². The summed E-state index contributed by atoms with van der Waals surface area (Å²) in [5.41, 5.74) is -18.0. The van der Waals surface area contributed by atoms with E-state index in [1.807, 2.05) is 0 Å². The van der Waals surface area contributed by atoms with Gasteiger partial charge in [0, 0.05) is 0 Å². The average molecular weight is 1260 g/mol. The molecule has 0 N–H and O–H groups in total. The zero-order valence-corrected chi connectivity index (χ0v) is 52.7. The normalized spacial score (nSPS) is 13.3. The van der Waals surface area contributed by atoms with Crippen LogP contribution in [0.25, 0.3) is 0 Å². The number of rotatable bonds is 20. The van der Waals surface area contributed by atoms with Crippen molar-refractivity contribution in [1.82, 2.24) is 0 Å². The molecule has 0 atom stereocenters. The summed E-state index contributed by atoms with van der Waals surface area (Å²) in [4.78, 5) is 33.4. The van der Waals surface area contributed by atoms with Crippen LogP contribution in [0.1, 0.15) is 13.3 Å². The van der Waals surface area contributed by atoms with Gasteiger partial charge in [-0.1, -0.05) is 0 Å².